The molecule has 1 fully saturated rings. The van der Waals surface area contributed by atoms with E-state index in [9.17, 15) is 10.1 Å². The monoisotopic (exact) mass is 157 g/mol. The molecule has 0 saturated carbocycles. The van der Waals surface area contributed by atoms with E-state index in [0.29, 0.717) is 26.3 Å². The average Bonchev–Trinajstić information content (AvgIpc) is 2.05. The molecule has 62 valence electrons. The number of nitrogens with zero attached hydrogens (tertiary/aromatic N) is 1. The second kappa shape index (κ2) is 3.50. The van der Waals surface area contributed by atoms with Gasteiger partial charge in [0.15, 0.2) is 13.2 Å². The van der Waals surface area contributed by atoms with Crippen LogP contribution in [0.5, 0.6) is 0 Å². The van der Waals surface area contributed by atoms with Crippen molar-refractivity contribution in [3.05, 3.63) is 12.7 Å². The van der Waals surface area contributed by atoms with Crippen molar-refractivity contribution in [3.8, 4) is 0 Å². The van der Waals surface area contributed by atoms with Gasteiger partial charge in [-0.3, -0.25) is 4.79 Å². The van der Waals surface area contributed by atoms with Crippen molar-refractivity contribution >= 4 is 5.91 Å². The molecule has 4 nitrogen and oxygen atoms in total. The van der Waals surface area contributed by atoms with Crippen LogP contribution >= 0.6 is 0 Å². The van der Waals surface area contributed by atoms with Crippen LogP contribution in [0.1, 0.15) is 0 Å². The minimum absolute atomic E-state index is 0.0984. The van der Waals surface area contributed by atoms with Crippen molar-refractivity contribution in [3.63, 3.8) is 0 Å². The molecule has 0 radical (unpaired) electrons. The van der Waals surface area contributed by atoms with Gasteiger partial charge in [0.2, 0.25) is 5.91 Å². The zero-order chi connectivity index (χ0) is 8.27. The Balaban J connectivity index is 2.38. The minimum atomic E-state index is -0.0984. The first kappa shape index (κ1) is 8.23. The predicted molar refractivity (Wildman–Crippen MR) is 37.6 cm³/mol. The summed E-state index contributed by atoms with van der Waals surface area (Å²) in [6.45, 7) is 5.00. The highest BCUT2D eigenvalue weighted by Gasteiger charge is 2.18. The molecule has 1 aliphatic rings. The Bertz CT molecular complexity index is 161. The fourth-order valence-electron chi connectivity index (χ4n) is 0.987. The van der Waals surface area contributed by atoms with Gasteiger partial charge in [-0.15, -0.1) is 0 Å². The maximum atomic E-state index is 11.0. The van der Waals surface area contributed by atoms with Crippen LogP contribution in [0.25, 0.3) is 0 Å². The summed E-state index contributed by atoms with van der Waals surface area (Å²) >= 11 is 0. The van der Waals surface area contributed by atoms with Crippen LogP contribution in [0.2, 0.25) is 0 Å². The molecule has 0 aromatic rings. The molecule has 0 aliphatic carbocycles. The summed E-state index contributed by atoms with van der Waals surface area (Å²) in [4.78, 5) is 12.6. The molecule has 11 heavy (non-hydrogen) atoms. The summed E-state index contributed by atoms with van der Waals surface area (Å²) in [5.41, 5.74) is 0. The largest absolute Gasteiger partial charge is 0.534 e. The molecule has 1 heterocycles. The lowest BCUT2D eigenvalue weighted by Crippen LogP contribution is -2.47. The van der Waals surface area contributed by atoms with Gasteiger partial charge in [0.1, 0.15) is 0 Å². The Morgan fingerprint density at radius 1 is 1.55 bits per heavy atom. The minimum Gasteiger partial charge on any atom is -0.534 e. The lowest BCUT2D eigenvalue weighted by atomic mass is 10.4. The summed E-state index contributed by atoms with van der Waals surface area (Å²) in [7, 11) is 0. The van der Waals surface area contributed by atoms with Crippen LogP contribution in [0, 0.1) is 0 Å². The first-order chi connectivity index (χ1) is 5.24. The molecule has 4 heteroatoms. The van der Waals surface area contributed by atoms with Crippen molar-refractivity contribution in [2.45, 2.75) is 0 Å². The Kier molecular flexibility index (Phi) is 2.62. The van der Waals surface area contributed by atoms with Crippen molar-refractivity contribution in [2.75, 3.05) is 26.3 Å². The lowest BCUT2D eigenvalue weighted by molar-refractivity contribution is -0.797. The molecule has 0 spiro atoms. The number of morpholine rings is 1. The van der Waals surface area contributed by atoms with E-state index in [4.69, 9.17) is 0 Å². The van der Waals surface area contributed by atoms with E-state index >= 15 is 0 Å². The van der Waals surface area contributed by atoms with E-state index in [0.717, 1.165) is 0 Å². The topological polar surface area (TPSA) is 46.1 Å². The summed E-state index contributed by atoms with van der Waals surface area (Å²) in [6.07, 6.45) is 1.27. The summed E-state index contributed by atoms with van der Waals surface area (Å²) < 4.78 is 1.68. The van der Waals surface area contributed by atoms with Crippen molar-refractivity contribution in [2.24, 2.45) is 0 Å². The van der Waals surface area contributed by atoms with Gasteiger partial charge in [0, 0.05) is 0 Å². The van der Waals surface area contributed by atoms with Gasteiger partial charge >= 0.3 is 0 Å². The van der Waals surface area contributed by atoms with E-state index < -0.39 is 0 Å². The summed E-state index contributed by atoms with van der Waals surface area (Å²) in [6, 6.07) is 0. The highest BCUT2D eigenvalue weighted by Crippen LogP contribution is 2.00. The van der Waals surface area contributed by atoms with Gasteiger partial charge < -0.3 is 14.7 Å². The smallest absolute Gasteiger partial charge is 0.246 e. The fourth-order valence-corrected chi connectivity index (χ4v) is 0.987. The molecule has 0 aromatic carbocycles. The summed E-state index contributed by atoms with van der Waals surface area (Å²) in [5, 5.41) is 10.6. The Morgan fingerprint density at radius 2 is 2.09 bits per heavy atom. The molecule has 1 saturated heterocycles. The van der Waals surface area contributed by atoms with Crippen LogP contribution in [0.3, 0.4) is 0 Å². The van der Waals surface area contributed by atoms with E-state index in [1.165, 1.54) is 6.08 Å². The molecule has 0 unspecified atom stereocenters. The van der Waals surface area contributed by atoms with Gasteiger partial charge in [-0.2, -0.15) is 0 Å². The van der Waals surface area contributed by atoms with Crippen molar-refractivity contribution in [1.29, 1.82) is 0 Å². The van der Waals surface area contributed by atoms with Crippen LogP contribution in [-0.2, 0) is 9.31 Å². The third-order valence-electron chi connectivity index (χ3n) is 1.66. The van der Waals surface area contributed by atoms with Gasteiger partial charge in [0.05, 0.1) is 13.1 Å². The second-order valence-corrected chi connectivity index (χ2v) is 2.38. The van der Waals surface area contributed by atoms with Gasteiger partial charge in [0.25, 0.3) is 0 Å². The maximum Gasteiger partial charge on any atom is 0.246 e. The molecule has 1 amide bonds. The zero-order valence-corrected chi connectivity index (χ0v) is 6.28. The second-order valence-electron chi connectivity index (χ2n) is 2.38. The number of amides is 1. The molecule has 0 atom stereocenters. The molecule has 0 bridgehead atoms. The van der Waals surface area contributed by atoms with E-state index in [1.54, 1.807) is 9.42 Å². The van der Waals surface area contributed by atoms with Crippen molar-refractivity contribution < 1.29 is 14.6 Å². The number of hydrogen-bond donors (Lipinski definition) is 0. The van der Waals surface area contributed by atoms with Crippen LogP contribution in [0.15, 0.2) is 12.7 Å². The first-order valence-electron chi connectivity index (χ1n) is 3.50. The SMILES string of the molecule is C=CC(=O)N1CC[O+]([O-])CC1. The molecule has 1 aliphatic heterocycles. The number of carbonyl (C=O) groups excluding carboxylic acids is 1. The molecule has 1 rings (SSSR count). The third-order valence-corrected chi connectivity index (χ3v) is 1.66. The van der Waals surface area contributed by atoms with E-state index in [-0.39, 0.29) is 5.91 Å². The maximum absolute atomic E-state index is 11.0. The van der Waals surface area contributed by atoms with Gasteiger partial charge in [-0.05, 0) is 6.08 Å². The fraction of sp³-hybridized carbons (Fsp3) is 0.571. The lowest BCUT2D eigenvalue weighted by Gasteiger charge is -2.31. The highest BCUT2D eigenvalue weighted by molar-refractivity contribution is 5.87. The number of carbonyl (C=O) groups is 1. The quantitative estimate of drug-likeness (QED) is 0.274. The predicted octanol–water partition coefficient (Wildman–Crippen LogP) is -1.16. The standard InChI is InChI=1S/C7H11NO3/c1-2-7(9)8-3-5-11(10)6-4-8/h2H,1,3-6H2. The molecule has 0 aromatic heterocycles. The number of rotatable bonds is 1. The highest BCUT2D eigenvalue weighted by atomic mass is 17.2. The molecular weight excluding hydrogens is 146 g/mol. The molecule has 0 N–H and O–H groups in total. The van der Waals surface area contributed by atoms with Crippen LogP contribution in [-0.4, -0.2) is 37.1 Å². The Morgan fingerprint density at radius 3 is 2.55 bits per heavy atom. The Hall–Kier alpha value is -0.870. The van der Waals surface area contributed by atoms with Gasteiger partial charge in [-0.25, -0.2) is 0 Å². The first-order valence-corrected chi connectivity index (χ1v) is 3.50. The average molecular weight is 157 g/mol. The third kappa shape index (κ3) is 2.03. The number of hydrogen-bond acceptors (Lipinski definition) is 2. The van der Waals surface area contributed by atoms with Crippen LogP contribution < -0.4 is 5.26 Å². The molecular formula is C7H11NO3. The van der Waals surface area contributed by atoms with Gasteiger partial charge in [-0.1, -0.05) is 6.58 Å². The van der Waals surface area contributed by atoms with E-state index in [2.05, 4.69) is 6.58 Å². The van der Waals surface area contributed by atoms with Crippen LogP contribution in [0.4, 0.5) is 0 Å². The van der Waals surface area contributed by atoms with Crippen molar-refractivity contribution in [1.82, 2.24) is 4.90 Å². The van der Waals surface area contributed by atoms with E-state index in [1.807, 2.05) is 0 Å². The normalized spacial score (nSPS) is 19.9. The zero-order valence-electron chi connectivity index (χ0n) is 6.28. The summed E-state index contributed by atoms with van der Waals surface area (Å²) in [5.74, 6) is -0.0984. The Labute approximate surface area is 65.3 Å².